The van der Waals surface area contributed by atoms with Gasteiger partial charge in [0.2, 0.25) is 0 Å². The Kier molecular flexibility index (Phi) is 9.69. The van der Waals surface area contributed by atoms with E-state index in [0.717, 1.165) is 12.0 Å². The number of methoxy groups -OCH3 is 1. The second-order valence-electron chi connectivity index (χ2n) is 2.51. The van der Waals surface area contributed by atoms with Crippen molar-refractivity contribution in [3.63, 3.8) is 0 Å². The Balaban J connectivity index is -0.000000845. The Labute approximate surface area is 110 Å². The molecular formula is C7H12NNaO6. The van der Waals surface area contributed by atoms with E-state index in [-0.39, 0.29) is 37.5 Å². The molecule has 2 N–H and O–H groups in total. The van der Waals surface area contributed by atoms with Gasteiger partial charge in [0.25, 0.3) is 0 Å². The first-order chi connectivity index (χ1) is 6.45. The number of carboxylic acid groups (broad SMARTS) is 2. The topological polar surface area (TPSA) is 104 Å². The molecule has 0 saturated carbocycles. The molecule has 0 spiro atoms. The van der Waals surface area contributed by atoms with Crippen LogP contribution in [0.2, 0.25) is 0 Å². The van der Waals surface area contributed by atoms with Gasteiger partial charge in [-0.25, -0.2) is 0 Å². The third-order valence-electron chi connectivity index (χ3n) is 1.30. The van der Waals surface area contributed by atoms with Crippen LogP contribution in [0, 0.1) is 0 Å². The van der Waals surface area contributed by atoms with E-state index in [2.05, 4.69) is 4.74 Å². The van der Waals surface area contributed by atoms with Crippen molar-refractivity contribution in [1.82, 2.24) is 4.90 Å². The number of carboxylic acids is 2. The van der Waals surface area contributed by atoms with Gasteiger partial charge in [0.05, 0.1) is 26.7 Å². The summed E-state index contributed by atoms with van der Waals surface area (Å²) in [6, 6.07) is 0. The second kappa shape index (κ2) is 8.66. The van der Waals surface area contributed by atoms with Crippen LogP contribution in [0.25, 0.3) is 0 Å². The van der Waals surface area contributed by atoms with Gasteiger partial charge in [-0.05, 0) is 0 Å². The van der Waals surface area contributed by atoms with Crippen LogP contribution in [0.5, 0.6) is 0 Å². The van der Waals surface area contributed by atoms with Crippen LogP contribution in [0.4, 0.5) is 0 Å². The third kappa shape index (κ3) is 9.67. The fourth-order valence-electron chi connectivity index (χ4n) is 0.797. The summed E-state index contributed by atoms with van der Waals surface area (Å²) in [7, 11) is 1.14. The number of esters is 1. The zero-order chi connectivity index (χ0) is 11.1. The quantitative estimate of drug-likeness (QED) is 0.351. The minimum atomic E-state index is -1.20. The molecule has 0 aromatic heterocycles. The predicted molar refractivity (Wildman–Crippen MR) is 44.8 cm³/mol. The predicted octanol–water partition coefficient (Wildman–Crippen LogP) is -4.25. The summed E-state index contributed by atoms with van der Waals surface area (Å²) in [6.07, 6.45) is 0. The first-order valence-electron chi connectivity index (χ1n) is 3.68. The summed E-state index contributed by atoms with van der Waals surface area (Å²) >= 11 is 0. The number of hydrogen-bond acceptors (Lipinski definition) is 5. The molecule has 0 heterocycles. The molecule has 7 nitrogen and oxygen atoms in total. The molecule has 0 atom stereocenters. The maximum atomic E-state index is 10.7. The van der Waals surface area contributed by atoms with E-state index < -0.39 is 31.0 Å². The molecule has 0 amide bonds. The average molecular weight is 229 g/mol. The molecule has 0 aromatic rings. The standard InChI is InChI=1S/C7H11NO6.Na.H/c1-14-7(13)4-8(2-5(9)10)3-6(11)12;;/h2-4H2,1H3,(H,9,10)(H,11,12);;/q;+1;-1. The largest absolute Gasteiger partial charge is 1.00 e. The number of hydrogen-bond donors (Lipinski definition) is 2. The zero-order valence-corrected chi connectivity index (χ0v) is 10.6. The minimum absolute atomic E-state index is 0. The average Bonchev–Trinajstić information content (AvgIpc) is 2.01. The number of nitrogens with zero attached hydrogens (tertiary/aromatic N) is 1. The maximum absolute atomic E-state index is 10.7. The van der Waals surface area contributed by atoms with Gasteiger partial charge in [0, 0.05) is 0 Å². The smallest absolute Gasteiger partial charge is 1.00 e. The van der Waals surface area contributed by atoms with Gasteiger partial charge in [-0.2, -0.15) is 0 Å². The van der Waals surface area contributed by atoms with Crippen LogP contribution in [-0.2, 0) is 19.1 Å². The van der Waals surface area contributed by atoms with Crippen LogP contribution in [0.15, 0.2) is 0 Å². The summed E-state index contributed by atoms with van der Waals surface area (Å²) in [4.78, 5) is 32.2. The number of rotatable bonds is 6. The Morgan fingerprint density at radius 1 is 1.13 bits per heavy atom. The first-order valence-corrected chi connectivity index (χ1v) is 3.68. The minimum Gasteiger partial charge on any atom is -1.00 e. The SMILES string of the molecule is COC(=O)CN(CC(=O)O)CC(=O)O.[H-].[Na+]. The monoisotopic (exact) mass is 229 g/mol. The Morgan fingerprint density at radius 3 is 1.80 bits per heavy atom. The number of carbonyl (C=O) groups excluding carboxylic acids is 1. The van der Waals surface area contributed by atoms with Gasteiger partial charge in [-0.3, -0.25) is 19.3 Å². The summed E-state index contributed by atoms with van der Waals surface area (Å²) in [5, 5.41) is 16.8. The molecule has 0 unspecified atom stereocenters. The van der Waals surface area contributed by atoms with Crippen molar-refractivity contribution in [2.45, 2.75) is 0 Å². The summed E-state index contributed by atoms with van der Waals surface area (Å²) in [5.41, 5.74) is 0. The first kappa shape index (κ1) is 16.8. The molecule has 0 aliphatic heterocycles. The van der Waals surface area contributed by atoms with E-state index in [1.165, 1.54) is 0 Å². The summed E-state index contributed by atoms with van der Waals surface area (Å²) in [6.45, 7) is -1.38. The van der Waals surface area contributed by atoms with E-state index in [0.29, 0.717) is 0 Å². The third-order valence-corrected chi connectivity index (χ3v) is 1.30. The molecule has 82 valence electrons. The van der Waals surface area contributed by atoms with Crippen molar-refractivity contribution in [3.05, 3.63) is 0 Å². The van der Waals surface area contributed by atoms with E-state index in [1.807, 2.05) is 0 Å². The number of aliphatic carboxylic acids is 2. The Bertz CT molecular complexity index is 233. The van der Waals surface area contributed by atoms with Crippen molar-refractivity contribution in [2.75, 3.05) is 26.7 Å². The van der Waals surface area contributed by atoms with Crippen molar-refractivity contribution in [3.8, 4) is 0 Å². The Morgan fingerprint density at radius 2 is 1.53 bits per heavy atom. The second-order valence-corrected chi connectivity index (χ2v) is 2.51. The molecule has 15 heavy (non-hydrogen) atoms. The Hall–Kier alpha value is -0.630. The fraction of sp³-hybridized carbons (Fsp3) is 0.571. The molecule has 0 aliphatic carbocycles. The zero-order valence-electron chi connectivity index (χ0n) is 9.60. The van der Waals surface area contributed by atoms with Crippen molar-refractivity contribution < 1.29 is 60.3 Å². The van der Waals surface area contributed by atoms with Crippen LogP contribution >= 0.6 is 0 Å². The molecule has 0 rings (SSSR count). The molecule has 0 radical (unpaired) electrons. The van der Waals surface area contributed by atoms with Crippen LogP contribution in [-0.4, -0.2) is 59.8 Å². The molecule has 0 aromatic carbocycles. The summed E-state index contributed by atoms with van der Waals surface area (Å²) < 4.78 is 4.28. The van der Waals surface area contributed by atoms with Gasteiger partial charge in [0.1, 0.15) is 0 Å². The molecule has 0 fully saturated rings. The van der Waals surface area contributed by atoms with Crippen molar-refractivity contribution in [2.24, 2.45) is 0 Å². The molecular weight excluding hydrogens is 217 g/mol. The molecule has 0 saturated heterocycles. The maximum Gasteiger partial charge on any atom is 1.00 e. The normalized spacial score (nSPS) is 9.20. The number of ether oxygens (including phenoxy) is 1. The van der Waals surface area contributed by atoms with Gasteiger partial charge in [-0.1, -0.05) is 0 Å². The molecule has 0 bridgehead atoms. The van der Waals surface area contributed by atoms with Crippen LogP contribution < -0.4 is 29.6 Å². The fourth-order valence-corrected chi connectivity index (χ4v) is 0.797. The van der Waals surface area contributed by atoms with Gasteiger partial charge in [-0.15, -0.1) is 0 Å². The van der Waals surface area contributed by atoms with Crippen LogP contribution in [0.3, 0.4) is 0 Å². The van der Waals surface area contributed by atoms with E-state index >= 15 is 0 Å². The van der Waals surface area contributed by atoms with Crippen molar-refractivity contribution >= 4 is 17.9 Å². The molecule has 8 heteroatoms. The van der Waals surface area contributed by atoms with Gasteiger partial charge in [0.15, 0.2) is 0 Å². The van der Waals surface area contributed by atoms with Gasteiger partial charge >= 0.3 is 47.5 Å². The van der Waals surface area contributed by atoms with E-state index in [1.54, 1.807) is 0 Å². The van der Waals surface area contributed by atoms with Gasteiger partial charge < -0.3 is 16.4 Å². The van der Waals surface area contributed by atoms with Crippen molar-refractivity contribution in [1.29, 1.82) is 0 Å². The van der Waals surface area contributed by atoms with Crippen LogP contribution in [0.1, 0.15) is 1.43 Å². The van der Waals surface area contributed by atoms with E-state index in [4.69, 9.17) is 10.2 Å². The van der Waals surface area contributed by atoms with E-state index in [9.17, 15) is 14.4 Å². The number of carbonyl (C=O) groups is 3. The molecule has 0 aliphatic rings. The summed E-state index contributed by atoms with van der Waals surface area (Å²) in [5.74, 6) is -3.07.